The molecule has 0 spiro atoms. The van der Waals surface area contributed by atoms with Crippen molar-refractivity contribution < 1.29 is 13.2 Å². The first kappa shape index (κ1) is 9.82. The van der Waals surface area contributed by atoms with E-state index in [4.69, 9.17) is 0 Å². The van der Waals surface area contributed by atoms with E-state index in [2.05, 4.69) is 5.10 Å². The summed E-state index contributed by atoms with van der Waals surface area (Å²) in [7, 11) is 1.29. The molecule has 0 fully saturated rings. The van der Waals surface area contributed by atoms with Crippen LogP contribution in [0.4, 0.5) is 13.2 Å². The monoisotopic (exact) mass is 290 g/mol. The van der Waals surface area contributed by atoms with Gasteiger partial charge in [-0.1, -0.05) is 0 Å². The third kappa shape index (κ3) is 1.57. The minimum absolute atomic E-state index is 0.169. The van der Waals surface area contributed by atoms with Crippen LogP contribution in [0.25, 0.3) is 0 Å². The molecule has 0 aliphatic heterocycles. The molecule has 0 aliphatic rings. The van der Waals surface area contributed by atoms with Crippen LogP contribution < -0.4 is 0 Å². The van der Waals surface area contributed by atoms with E-state index < -0.39 is 11.9 Å². The van der Waals surface area contributed by atoms with Crippen LogP contribution in [0, 0.1) is 10.5 Å². The molecular weight excluding hydrogens is 284 g/mol. The zero-order chi connectivity index (χ0) is 9.52. The first-order chi connectivity index (χ1) is 5.34. The highest BCUT2D eigenvalue weighted by Crippen LogP contribution is 2.33. The smallest absolute Gasteiger partial charge is 0.262 e. The fraction of sp³-hybridized carbons (Fsp3) is 0.500. The Morgan fingerprint density at radius 3 is 2.08 bits per heavy atom. The van der Waals surface area contributed by atoms with Gasteiger partial charge in [-0.05, 0) is 29.5 Å². The van der Waals surface area contributed by atoms with Gasteiger partial charge in [-0.25, -0.2) is 0 Å². The van der Waals surface area contributed by atoms with Gasteiger partial charge in [0.15, 0.2) is 5.69 Å². The molecule has 0 amide bonds. The van der Waals surface area contributed by atoms with Gasteiger partial charge in [0.1, 0.15) is 0 Å². The normalized spacial score (nSPS) is 12.2. The molecule has 0 bridgehead atoms. The standard InChI is InChI=1S/C6H6F3IN2/c1-3-4(10)5(6(7,8)9)12(2)11-3/h1-2H3. The zero-order valence-corrected chi connectivity index (χ0v) is 8.56. The average Bonchev–Trinajstić information content (AvgIpc) is 2.05. The van der Waals surface area contributed by atoms with E-state index in [1.165, 1.54) is 7.05 Å². The molecule has 0 N–H and O–H groups in total. The van der Waals surface area contributed by atoms with Crippen molar-refractivity contribution in [1.29, 1.82) is 0 Å². The highest BCUT2D eigenvalue weighted by molar-refractivity contribution is 14.1. The Balaban J connectivity index is 3.32. The number of nitrogens with zero attached hydrogens (tertiary/aromatic N) is 2. The van der Waals surface area contributed by atoms with Gasteiger partial charge in [0.2, 0.25) is 0 Å². The van der Waals surface area contributed by atoms with Crippen LogP contribution in [-0.2, 0) is 13.2 Å². The van der Waals surface area contributed by atoms with Crippen LogP contribution in [0.2, 0.25) is 0 Å². The number of aromatic nitrogens is 2. The van der Waals surface area contributed by atoms with Crippen LogP contribution in [0.3, 0.4) is 0 Å². The maximum atomic E-state index is 12.3. The van der Waals surface area contributed by atoms with Crippen molar-refractivity contribution in [3.63, 3.8) is 0 Å². The number of alkyl halides is 3. The summed E-state index contributed by atoms with van der Waals surface area (Å²) in [5, 5.41) is 3.67. The second-order valence-electron chi connectivity index (χ2n) is 2.37. The van der Waals surface area contributed by atoms with Crippen molar-refractivity contribution in [2.75, 3.05) is 0 Å². The molecule has 1 aromatic rings. The van der Waals surface area contributed by atoms with Gasteiger partial charge < -0.3 is 0 Å². The number of hydrogen-bond acceptors (Lipinski definition) is 1. The molecular formula is C6H6F3IN2. The van der Waals surface area contributed by atoms with Crippen molar-refractivity contribution in [2.45, 2.75) is 13.1 Å². The summed E-state index contributed by atoms with van der Waals surface area (Å²) in [6.45, 7) is 1.55. The molecule has 0 saturated carbocycles. The van der Waals surface area contributed by atoms with Gasteiger partial charge in [-0.2, -0.15) is 18.3 Å². The molecule has 1 aromatic heterocycles. The zero-order valence-electron chi connectivity index (χ0n) is 6.41. The first-order valence-electron chi connectivity index (χ1n) is 3.10. The Morgan fingerprint density at radius 1 is 1.42 bits per heavy atom. The van der Waals surface area contributed by atoms with Gasteiger partial charge in [-0.15, -0.1) is 0 Å². The highest BCUT2D eigenvalue weighted by atomic mass is 127. The summed E-state index contributed by atoms with van der Waals surface area (Å²) < 4.78 is 37.8. The third-order valence-electron chi connectivity index (χ3n) is 1.42. The van der Waals surface area contributed by atoms with Crippen molar-refractivity contribution in [3.05, 3.63) is 15.0 Å². The summed E-state index contributed by atoms with van der Waals surface area (Å²) >= 11 is 1.65. The molecule has 0 aliphatic carbocycles. The molecule has 0 atom stereocenters. The van der Waals surface area contributed by atoms with Gasteiger partial charge in [-0.3, -0.25) is 4.68 Å². The van der Waals surface area contributed by atoms with Gasteiger partial charge in [0.05, 0.1) is 9.26 Å². The molecule has 68 valence electrons. The van der Waals surface area contributed by atoms with Crippen LogP contribution in [0.5, 0.6) is 0 Å². The fourth-order valence-electron chi connectivity index (χ4n) is 0.940. The van der Waals surface area contributed by atoms with Crippen LogP contribution in [0.15, 0.2) is 0 Å². The van der Waals surface area contributed by atoms with E-state index in [0.717, 1.165) is 4.68 Å². The molecule has 0 unspecified atom stereocenters. The summed E-state index contributed by atoms with van der Waals surface area (Å²) in [5.41, 5.74) is -0.272. The molecule has 12 heavy (non-hydrogen) atoms. The second kappa shape index (κ2) is 2.90. The molecule has 2 nitrogen and oxygen atoms in total. The second-order valence-corrected chi connectivity index (χ2v) is 3.45. The average molecular weight is 290 g/mol. The Hall–Kier alpha value is -0.270. The molecule has 1 rings (SSSR count). The number of hydrogen-bond donors (Lipinski definition) is 0. The Bertz CT molecular complexity index is 302. The van der Waals surface area contributed by atoms with Crippen molar-refractivity contribution in [3.8, 4) is 0 Å². The molecule has 6 heteroatoms. The van der Waals surface area contributed by atoms with E-state index in [9.17, 15) is 13.2 Å². The van der Waals surface area contributed by atoms with Crippen LogP contribution in [0.1, 0.15) is 11.4 Å². The third-order valence-corrected chi connectivity index (χ3v) is 2.71. The van der Waals surface area contributed by atoms with Gasteiger partial charge in [0.25, 0.3) is 0 Å². The molecule has 0 saturated heterocycles. The lowest BCUT2D eigenvalue weighted by molar-refractivity contribution is -0.144. The van der Waals surface area contributed by atoms with E-state index in [1.54, 1.807) is 29.5 Å². The summed E-state index contributed by atoms with van der Waals surface area (Å²) in [6, 6.07) is 0. The largest absolute Gasteiger partial charge is 0.434 e. The lowest BCUT2D eigenvalue weighted by atomic mass is 10.3. The Labute approximate surface area is 80.9 Å². The molecule has 1 heterocycles. The van der Waals surface area contributed by atoms with Crippen molar-refractivity contribution >= 4 is 22.6 Å². The van der Waals surface area contributed by atoms with Crippen LogP contribution >= 0.6 is 22.6 Å². The van der Waals surface area contributed by atoms with Gasteiger partial charge in [0, 0.05) is 7.05 Å². The Morgan fingerprint density at radius 2 is 1.92 bits per heavy atom. The topological polar surface area (TPSA) is 17.8 Å². The lowest BCUT2D eigenvalue weighted by Crippen LogP contribution is -2.13. The summed E-state index contributed by atoms with van der Waals surface area (Å²) in [4.78, 5) is 0. The number of halogens is 4. The fourth-order valence-corrected chi connectivity index (χ4v) is 1.70. The van der Waals surface area contributed by atoms with E-state index in [0.29, 0.717) is 5.69 Å². The minimum Gasteiger partial charge on any atom is -0.262 e. The predicted octanol–water partition coefficient (Wildman–Crippen LogP) is 2.35. The Kier molecular flexibility index (Phi) is 2.37. The van der Waals surface area contributed by atoms with Crippen LogP contribution in [-0.4, -0.2) is 9.78 Å². The van der Waals surface area contributed by atoms with Crippen molar-refractivity contribution in [1.82, 2.24) is 9.78 Å². The highest BCUT2D eigenvalue weighted by Gasteiger charge is 2.37. The summed E-state index contributed by atoms with van der Waals surface area (Å²) in [5.74, 6) is 0. The van der Waals surface area contributed by atoms with E-state index in [1.807, 2.05) is 0 Å². The number of rotatable bonds is 0. The van der Waals surface area contributed by atoms with E-state index in [-0.39, 0.29) is 3.57 Å². The van der Waals surface area contributed by atoms with Crippen molar-refractivity contribution in [2.24, 2.45) is 7.05 Å². The number of aryl methyl sites for hydroxylation is 2. The van der Waals surface area contributed by atoms with Gasteiger partial charge >= 0.3 is 6.18 Å². The quantitative estimate of drug-likeness (QED) is 0.671. The first-order valence-corrected chi connectivity index (χ1v) is 4.18. The molecule has 0 aromatic carbocycles. The lowest BCUT2D eigenvalue weighted by Gasteiger charge is -2.06. The molecule has 0 radical (unpaired) electrons. The maximum absolute atomic E-state index is 12.3. The minimum atomic E-state index is -4.31. The summed E-state index contributed by atoms with van der Waals surface area (Å²) in [6.07, 6.45) is -4.31. The predicted molar refractivity (Wildman–Crippen MR) is 45.7 cm³/mol. The van der Waals surface area contributed by atoms with E-state index >= 15 is 0 Å². The maximum Gasteiger partial charge on any atom is 0.434 e. The SMILES string of the molecule is Cc1nn(C)c(C(F)(F)F)c1I.